The molecule has 0 unspecified atom stereocenters. The number of likely N-dealkylation sites (tertiary alicyclic amines) is 1. The maximum absolute atomic E-state index is 12.5. The molecule has 0 bridgehead atoms. The van der Waals surface area contributed by atoms with E-state index in [4.69, 9.17) is 23.2 Å². The van der Waals surface area contributed by atoms with E-state index in [1.54, 1.807) is 0 Å². The van der Waals surface area contributed by atoms with Crippen LogP contribution >= 0.6 is 23.2 Å². The predicted octanol–water partition coefficient (Wildman–Crippen LogP) is 4.52. The van der Waals surface area contributed by atoms with Crippen molar-refractivity contribution in [1.82, 2.24) is 10.2 Å². The first-order valence-corrected chi connectivity index (χ1v) is 9.35. The molecule has 1 amide bonds. The van der Waals surface area contributed by atoms with Crippen molar-refractivity contribution in [1.29, 1.82) is 0 Å². The molecule has 132 valence electrons. The summed E-state index contributed by atoms with van der Waals surface area (Å²) in [6.07, 6.45) is 1.97. The summed E-state index contributed by atoms with van der Waals surface area (Å²) in [5.74, 6) is 0.155. The van der Waals surface area contributed by atoms with Crippen LogP contribution in [0.5, 0.6) is 0 Å². The molecule has 0 aromatic heterocycles. The number of hydrogen-bond donors (Lipinski definition) is 1. The van der Waals surface area contributed by atoms with Gasteiger partial charge in [0.2, 0.25) is 5.91 Å². The van der Waals surface area contributed by atoms with E-state index >= 15 is 0 Å². The lowest BCUT2D eigenvalue weighted by atomic mass is 9.96. The Labute approximate surface area is 158 Å². The molecule has 1 fully saturated rings. The summed E-state index contributed by atoms with van der Waals surface area (Å²) >= 11 is 12.1. The smallest absolute Gasteiger partial charge is 0.224 e. The van der Waals surface area contributed by atoms with Gasteiger partial charge in [0.15, 0.2) is 0 Å². The zero-order chi connectivity index (χ0) is 17.6. The minimum absolute atomic E-state index is 0.0311. The summed E-state index contributed by atoms with van der Waals surface area (Å²) in [7, 11) is 0. The van der Waals surface area contributed by atoms with Gasteiger partial charge in [0.1, 0.15) is 0 Å². The van der Waals surface area contributed by atoms with Gasteiger partial charge in [-0.1, -0.05) is 53.5 Å². The Bertz CT molecular complexity index is 718. The van der Waals surface area contributed by atoms with Gasteiger partial charge in [-0.15, -0.1) is 0 Å². The van der Waals surface area contributed by atoms with Gasteiger partial charge in [0, 0.05) is 29.7 Å². The molecule has 1 heterocycles. The Morgan fingerprint density at radius 2 is 1.88 bits per heavy atom. The number of carbonyl (C=O) groups is 1. The number of carbonyl (C=O) groups excluding carboxylic acids is 1. The fourth-order valence-corrected chi connectivity index (χ4v) is 3.54. The molecule has 3 rings (SSSR count). The minimum Gasteiger partial charge on any atom is -0.352 e. The van der Waals surface area contributed by atoms with E-state index in [0.29, 0.717) is 11.6 Å². The van der Waals surface area contributed by atoms with Gasteiger partial charge >= 0.3 is 0 Å². The summed E-state index contributed by atoms with van der Waals surface area (Å²) in [4.78, 5) is 14.8. The molecular weight excluding hydrogens is 355 g/mol. The number of benzene rings is 2. The maximum atomic E-state index is 12.5. The second-order valence-electron chi connectivity index (χ2n) is 6.51. The predicted molar refractivity (Wildman–Crippen MR) is 103 cm³/mol. The molecule has 1 atom stereocenters. The van der Waals surface area contributed by atoms with Crippen LogP contribution in [-0.2, 0) is 17.9 Å². The van der Waals surface area contributed by atoms with Gasteiger partial charge in [0.05, 0.1) is 5.92 Å². The van der Waals surface area contributed by atoms with Crippen molar-refractivity contribution < 1.29 is 4.79 Å². The van der Waals surface area contributed by atoms with Crippen molar-refractivity contribution in [3.8, 4) is 0 Å². The molecule has 1 N–H and O–H groups in total. The molecule has 1 aliphatic heterocycles. The average molecular weight is 377 g/mol. The van der Waals surface area contributed by atoms with Crippen LogP contribution in [0.3, 0.4) is 0 Å². The molecule has 2 aromatic rings. The van der Waals surface area contributed by atoms with Crippen LogP contribution in [0.1, 0.15) is 24.0 Å². The molecule has 25 heavy (non-hydrogen) atoms. The standard InChI is InChI=1S/C20H22Cl2N2O/c21-18-9-7-15(8-10-18)12-23-20(25)17-5-3-11-24(14-17)13-16-4-1-2-6-19(16)22/h1-2,4,6-10,17H,3,5,11-14H2,(H,23,25)/t17-/m1/s1. The highest BCUT2D eigenvalue weighted by Crippen LogP contribution is 2.22. The van der Waals surface area contributed by atoms with E-state index in [-0.39, 0.29) is 11.8 Å². The third-order valence-corrected chi connectivity index (χ3v) is 5.23. The number of piperidine rings is 1. The van der Waals surface area contributed by atoms with Crippen molar-refractivity contribution in [3.05, 3.63) is 69.7 Å². The molecule has 0 spiro atoms. The average Bonchev–Trinajstić information content (AvgIpc) is 2.63. The van der Waals surface area contributed by atoms with E-state index in [1.165, 1.54) is 0 Å². The van der Waals surface area contributed by atoms with Crippen molar-refractivity contribution in [2.75, 3.05) is 13.1 Å². The molecule has 1 aliphatic rings. The first-order chi connectivity index (χ1) is 12.1. The lowest BCUT2D eigenvalue weighted by molar-refractivity contribution is -0.126. The van der Waals surface area contributed by atoms with Gasteiger partial charge in [-0.2, -0.15) is 0 Å². The summed E-state index contributed by atoms with van der Waals surface area (Å²) in [5.41, 5.74) is 2.17. The van der Waals surface area contributed by atoms with Gasteiger partial charge in [-0.05, 0) is 48.7 Å². The molecule has 2 aromatic carbocycles. The van der Waals surface area contributed by atoms with E-state index in [1.807, 2.05) is 48.5 Å². The van der Waals surface area contributed by atoms with E-state index in [9.17, 15) is 4.79 Å². The molecule has 0 radical (unpaired) electrons. The zero-order valence-electron chi connectivity index (χ0n) is 14.1. The lowest BCUT2D eigenvalue weighted by Crippen LogP contribution is -2.42. The Kier molecular flexibility index (Phi) is 6.35. The third kappa shape index (κ3) is 5.21. The van der Waals surface area contributed by atoms with Crippen LogP contribution < -0.4 is 5.32 Å². The van der Waals surface area contributed by atoms with Crippen LogP contribution in [-0.4, -0.2) is 23.9 Å². The fourth-order valence-electron chi connectivity index (χ4n) is 3.22. The molecule has 3 nitrogen and oxygen atoms in total. The summed E-state index contributed by atoms with van der Waals surface area (Å²) < 4.78 is 0. The number of nitrogens with one attached hydrogen (secondary N) is 1. The van der Waals surface area contributed by atoms with Crippen molar-refractivity contribution in [3.63, 3.8) is 0 Å². The quantitative estimate of drug-likeness (QED) is 0.831. The van der Waals surface area contributed by atoms with Crippen molar-refractivity contribution in [2.24, 2.45) is 5.92 Å². The first-order valence-electron chi connectivity index (χ1n) is 8.60. The first kappa shape index (κ1) is 18.2. The van der Waals surface area contributed by atoms with Crippen LogP contribution in [0.15, 0.2) is 48.5 Å². The van der Waals surface area contributed by atoms with Crippen LogP contribution in [0.2, 0.25) is 10.0 Å². The van der Waals surface area contributed by atoms with Gasteiger partial charge in [0.25, 0.3) is 0 Å². The molecule has 0 saturated carbocycles. The van der Waals surface area contributed by atoms with E-state index in [2.05, 4.69) is 10.2 Å². The fraction of sp³-hybridized carbons (Fsp3) is 0.350. The van der Waals surface area contributed by atoms with Crippen molar-refractivity contribution >= 4 is 29.1 Å². The highest BCUT2D eigenvalue weighted by atomic mass is 35.5. The molecule has 1 saturated heterocycles. The Morgan fingerprint density at radius 3 is 2.64 bits per heavy atom. The second-order valence-corrected chi connectivity index (χ2v) is 7.35. The largest absolute Gasteiger partial charge is 0.352 e. The Balaban J connectivity index is 1.52. The minimum atomic E-state index is 0.0311. The number of nitrogens with zero attached hydrogens (tertiary/aromatic N) is 1. The summed E-state index contributed by atoms with van der Waals surface area (Å²) in [6, 6.07) is 15.5. The van der Waals surface area contributed by atoms with Gasteiger partial charge in [-0.3, -0.25) is 9.69 Å². The number of hydrogen-bond acceptors (Lipinski definition) is 2. The summed E-state index contributed by atoms with van der Waals surface area (Å²) in [5, 5.41) is 4.54. The Hall–Kier alpha value is -1.55. The topological polar surface area (TPSA) is 32.3 Å². The zero-order valence-corrected chi connectivity index (χ0v) is 15.6. The van der Waals surface area contributed by atoms with Gasteiger partial charge < -0.3 is 5.32 Å². The highest BCUT2D eigenvalue weighted by Gasteiger charge is 2.25. The third-order valence-electron chi connectivity index (χ3n) is 4.61. The van der Waals surface area contributed by atoms with Crippen molar-refractivity contribution in [2.45, 2.75) is 25.9 Å². The summed E-state index contributed by atoms with van der Waals surface area (Å²) in [6.45, 7) is 3.11. The number of amides is 1. The highest BCUT2D eigenvalue weighted by molar-refractivity contribution is 6.31. The van der Waals surface area contributed by atoms with Gasteiger partial charge in [-0.25, -0.2) is 0 Å². The van der Waals surface area contributed by atoms with E-state index < -0.39 is 0 Å². The van der Waals surface area contributed by atoms with E-state index in [0.717, 1.165) is 48.6 Å². The second kappa shape index (κ2) is 8.70. The monoisotopic (exact) mass is 376 g/mol. The number of halogens is 2. The SMILES string of the molecule is O=C(NCc1ccc(Cl)cc1)[C@@H]1CCCN(Cc2ccccc2Cl)C1. The van der Waals surface area contributed by atoms with Crippen LogP contribution in [0.25, 0.3) is 0 Å². The normalized spacial score (nSPS) is 18.1. The van der Waals surface area contributed by atoms with Crippen LogP contribution in [0, 0.1) is 5.92 Å². The molecule has 0 aliphatic carbocycles. The number of rotatable bonds is 5. The Morgan fingerprint density at radius 1 is 1.12 bits per heavy atom. The van der Waals surface area contributed by atoms with Crippen LogP contribution in [0.4, 0.5) is 0 Å². The lowest BCUT2D eigenvalue weighted by Gasteiger charge is -2.32. The molecule has 5 heteroatoms. The maximum Gasteiger partial charge on any atom is 0.224 e. The molecular formula is C20H22Cl2N2O.